The van der Waals surface area contributed by atoms with Gasteiger partial charge in [0.05, 0.1) is 24.3 Å². The Bertz CT molecular complexity index is 1000. The van der Waals surface area contributed by atoms with Crippen molar-refractivity contribution in [2.24, 2.45) is 0 Å². The van der Waals surface area contributed by atoms with Gasteiger partial charge in [0.1, 0.15) is 5.60 Å². The van der Waals surface area contributed by atoms with E-state index in [-0.39, 0.29) is 37.8 Å². The molecule has 0 heterocycles. The number of amides is 1. The van der Waals surface area contributed by atoms with E-state index in [1.54, 1.807) is 38.4 Å². The zero-order valence-corrected chi connectivity index (χ0v) is 19.6. The van der Waals surface area contributed by atoms with Crippen LogP contribution in [0.3, 0.4) is 0 Å². The molecule has 198 valence electrons. The molecule has 12 heteroatoms. The molecule has 2 aromatic rings. The quantitative estimate of drug-likeness (QED) is 0.198. The lowest BCUT2D eigenvalue weighted by Gasteiger charge is -2.24. The summed E-state index contributed by atoms with van der Waals surface area (Å²) in [5.41, 5.74) is -2.62. The molecule has 2 aromatic carbocycles. The monoisotopic (exact) mass is 521 g/mol. The van der Waals surface area contributed by atoms with E-state index < -0.39 is 52.6 Å². The smallest absolute Gasteiger partial charge is 0.416 e. The number of alkyl halides is 6. The first-order valence-corrected chi connectivity index (χ1v) is 10.7. The lowest BCUT2D eigenvalue weighted by Crippen LogP contribution is -2.39. The van der Waals surface area contributed by atoms with Gasteiger partial charge in [-0.2, -0.15) is 26.3 Å². The lowest BCUT2D eigenvalue weighted by molar-refractivity contribution is -0.173. The molecule has 0 radical (unpaired) electrons. The van der Waals surface area contributed by atoms with Crippen LogP contribution in [0.4, 0.5) is 26.3 Å². The summed E-state index contributed by atoms with van der Waals surface area (Å²) in [6.07, 6.45) is -11.8. The van der Waals surface area contributed by atoms with Gasteiger partial charge in [0.25, 0.3) is 5.91 Å². The molecule has 0 bridgehead atoms. The Morgan fingerprint density at radius 1 is 0.889 bits per heavy atom. The SMILES string of the molecule is CC(C)(C)OC(=O)[C@@H](CCOCc1ccccc1)ONC(=O)c1cc(C(F)(F)F)cc(C(F)(F)F)c1. The summed E-state index contributed by atoms with van der Waals surface area (Å²) < 4.78 is 89.1. The van der Waals surface area contributed by atoms with Crippen LogP contribution in [0.5, 0.6) is 0 Å². The molecule has 0 saturated carbocycles. The van der Waals surface area contributed by atoms with Gasteiger partial charge in [-0.3, -0.25) is 9.63 Å². The Labute approximate surface area is 203 Å². The molecule has 0 fully saturated rings. The van der Waals surface area contributed by atoms with E-state index in [1.807, 2.05) is 18.2 Å². The first kappa shape index (κ1) is 29.1. The second-order valence-electron chi connectivity index (χ2n) is 8.69. The minimum absolute atomic E-state index is 0.0313. The fraction of sp³-hybridized carbons (Fsp3) is 0.417. The van der Waals surface area contributed by atoms with Crippen molar-refractivity contribution in [3.8, 4) is 0 Å². The summed E-state index contributed by atoms with van der Waals surface area (Å²) in [4.78, 5) is 29.9. The minimum Gasteiger partial charge on any atom is -0.458 e. The molecule has 0 aliphatic rings. The summed E-state index contributed by atoms with van der Waals surface area (Å²) in [7, 11) is 0. The standard InChI is InChI=1S/C24H25F6NO5/c1-22(2,3)35-21(33)19(9-10-34-14-15-7-5-4-6-8-15)36-31-20(32)16-11-17(23(25,26)27)13-18(12-16)24(28,29)30/h4-8,11-13,19H,9-10,14H2,1-3H3,(H,31,32)/t19-/m1/s1. The lowest BCUT2D eigenvalue weighted by atomic mass is 10.0. The average molecular weight is 521 g/mol. The molecule has 0 aliphatic heterocycles. The molecule has 0 unspecified atom stereocenters. The van der Waals surface area contributed by atoms with Gasteiger partial charge in [-0.1, -0.05) is 30.3 Å². The Morgan fingerprint density at radius 2 is 1.44 bits per heavy atom. The van der Waals surface area contributed by atoms with Crippen LogP contribution in [0.2, 0.25) is 0 Å². The second kappa shape index (κ2) is 11.7. The molecule has 1 amide bonds. The van der Waals surface area contributed by atoms with E-state index in [0.29, 0.717) is 0 Å². The summed E-state index contributed by atoms with van der Waals surface area (Å²) in [6.45, 7) is 4.91. The van der Waals surface area contributed by atoms with Gasteiger partial charge in [0.15, 0.2) is 6.10 Å². The molecule has 1 N–H and O–H groups in total. The van der Waals surface area contributed by atoms with Crippen molar-refractivity contribution >= 4 is 11.9 Å². The van der Waals surface area contributed by atoms with E-state index in [0.717, 1.165) is 5.56 Å². The predicted molar refractivity (Wildman–Crippen MR) is 115 cm³/mol. The Kier molecular flexibility index (Phi) is 9.50. The van der Waals surface area contributed by atoms with Gasteiger partial charge < -0.3 is 9.47 Å². The number of hydroxylamine groups is 1. The van der Waals surface area contributed by atoms with Crippen LogP contribution in [-0.2, 0) is 38.1 Å². The van der Waals surface area contributed by atoms with Crippen molar-refractivity contribution in [3.63, 3.8) is 0 Å². The normalized spacial score (nSPS) is 13.2. The third kappa shape index (κ3) is 9.50. The molecular formula is C24H25F6NO5. The van der Waals surface area contributed by atoms with E-state index in [1.165, 1.54) is 0 Å². The van der Waals surface area contributed by atoms with E-state index in [9.17, 15) is 35.9 Å². The fourth-order valence-corrected chi connectivity index (χ4v) is 2.82. The largest absolute Gasteiger partial charge is 0.458 e. The summed E-state index contributed by atoms with van der Waals surface area (Å²) in [5.74, 6) is -2.32. The molecular weight excluding hydrogens is 496 g/mol. The zero-order valence-electron chi connectivity index (χ0n) is 19.6. The summed E-state index contributed by atoms with van der Waals surface area (Å²) in [5, 5.41) is 0. The van der Waals surface area contributed by atoms with Crippen molar-refractivity contribution in [2.45, 2.75) is 57.9 Å². The minimum atomic E-state index is -5.13. The van der Waals surface area contributed by atoms with Crippen LogP contribution in [0.25, 0.3) is 0 Å². The molecule has 0 spiro atoms. The van der Waals surface area contributed by atoms with Crippen LogP contribution in [0.15, 0.2) is 48.5 Å². The molecule has 1 atom stereocenters. The number of hydrogen-bond donors (Lipinski definition) is 1. The number of carbonyl (C=O) groups excluding carboxylic acids is 2. The third-order valence-electron chi connectivity index (χ3n) is 4.45. The number of carbonyl (C=O) groups is 2. The summed E-state index contributed by atoms with van der Waals surface area (Å²) >= 11 is 0. The van der Waals surface area contributed by atoms with Gasteiger partial charge in [-0.25, -0.2) is 10.3 Å². The maximum Gasteiger partial charge on any atom is 0.416 e. The van der Waals surface area contributed by atoms with Gasteiger partial charge >= 0.3 is 18.3 Å². The van der Waals surface area contributed by atoms with Gasteiger partial charge in [-0.05, 0) is 44.5 Å². The van der Waals surface area contributed by atoms with Crippen molar-refractivity contribution in [3.05, 3.63) is 70.8 Å². The molecule has 2 rings (SSSR count). The first-order valence-electron chi connectivity index (χ1n) is 10.7. The van der Waals surface area contributed by atoms with Crippen molar-refractivity contribution in [1.82, 2.24) is 5.48 Å². The highest BCUT2D eigenvalue weighted by molar-refractivity contribution is 5.94. The van der Waals surface area contributed by atoms with Crippen LogP contribution >= 0.6 is 0 Å². The van der Waals surface area contributed by atoms with Crippen LogP contribution in [0.1, 0.15) is 54.2 Å². The van der Waals surface area contributed by atoms with Gasteiger partial charge in [0.2, 0.25) is 0 Å². The highest BCUT2D eigenvalue weighted by atomic mass is 19.4. The van der Waals surface area contributed by atoms with Crippen LogP contribution in [-0.4, -0.2) is 30.2 Å². The predicted octanol–water partition coefficient (Wildman–Crippen LogP) is 5.70. The number of benzene rings is 2. The second-order valence-corrected chi connectivity index (χ2v) is 8.69. The van der Waals surface area contributed by atoms with Crippen LogP contribution < -0.4 is 5.48 Å². The number of halogens is 6. The maximum atomic E-state index is 13.1. The molecule has 6 nitrogen and oxygen atoms in total. The molecule has 0 saturated heterocycles. The first-order chi connectivity index (χ1) is 16.6. The number of esters is 1. The summed E-state index contributed by atoms with van der Waals surface area (Å²) in [6, 6.07) is 9.45. The maximum absolute atomic E-state index is 13.1. The fourth-order valence-electron chi connectivity index (χ4n) is 2.82. The van der Waals surface area contributed by atoms with E-state index in [4.69, 9.17) is 14.3 Å². The van der Waals surface area contributed by atoms with Crippen LogP contribution in [0, 0.1) is 0 Å². The average Bonchev–Trinajstić information content (AvgIpc) is 2.76. The Hall–Kier alpha value is -3.12. The van der Waals surface area contributed by atoms with E-state index >= 15 is 0 Å². The number of ether oxygens (including phenoxy) is 2. The highest BCUT2D eigenvalue weighted by Crippen LogP contribution is 2.36. The Morgan fingerprint density at radius 3 is 1.94 bits per heavy atom. The van der Waals surface area contributed by atoms with Crippen molar-refractivity contribution in [1.29, 1.82) is 0 Å². The number of hydrogen-bond acceptors (Lipinski definition) is 5. The van der Waals surface area contributed by atoms with Crippen molar-refractivity contribution < 1.29 is 50.2 Å². The topological polar surface area (TPSA) is 73.9 Å². The van der Waals surface area contributed by atoms with Gasteiger partial charge in [0, 0.05) is 12.0 Å². The highest BCUT2D eigenvalue weighted by Gasteiger charge is 2.37. The zero-order chi connectivity index (χ0) is 27.1. The van der Waals surface area contributed by atoms with E-state index in [2.05, 4.69) is 0 Å². The van der Waals surface area contributed by atoms with Crippen molar-refractivity contribution in [2.75, 3.05) is 6.61 Å². The van der Waals surface area contributed by atoms with Gasteiger partial charge in [-0.15, -0.1) is 0 Å². The number of rotatable bonds is 9. The number of nitrogens with one attached hydrogen (secondary N) is 1. The molecule has 36 heavy (non-hydrogen) atoms. The Balaban J connectivity index is 2.13. The molecule has 0 aliphatic carbocycles. The third-order valence-corrected chi connectivity index (χ3v) is 4.45. The molecule has 0 aromatic heterocycles.